The molecule has 5 rings (SSSR count). The molecule has 1 aromatic carbocycles. The maximum Gasteiger partial charge on any atom is 0.231 e. The molecule has 1 saturated heterocycles. The largest absolute Gasteiger partial charge is 0.454 e. The highest BCUT2D eigenvalue weighted by molar-refractivity contribution is 7.13. The topological polar surface area (TPSA) is 64.8 Å². The van der Waals surface area contributed by atoms with Gasteiger partial charge < -0.3 is 19.3 Å². The summed E-state index contributed by atoms with van der Waals surface area (Å²) in [5, 5.41) is 3.19. The fourth-order valence-corrected chi connectivity index (χ4v) is 4.28. The van der Waals surface area contributed by atoms with Gasteiger partial charge in [-0.2, -0.15) is 0 Å². The van der Waals surface area contributed by atoms with Crippen LogP contribution in [0.1, 0.15) is 5.69 Å². The van der Waals surface area contributed by atoms with Crippen LogP contribution in [0.15, 0.2) is 42.0 Å². The fourth-order valence-electron chi connectivity index (χ4n) is 3.46. The summed E-state index contributed by atoms with van der Waals surface area (Å²) in [5.41, 5.74) is 2.23. The Bertz CT molecular complexity index is 925. The number of ether oxygens (including phenoxy) is 2. The summed E-state index contributed by atoms with van der Waals surface area (Å²) in [6.07, 6.45) is 3.60. The highest BCUT2D eigenvalue weighted by atomic mass is 32.1. The van der Waals surface area contributed by atoms with Crippen LogP contribution in [-0.4, -0.2) is 47.9 Å². The van der Waals surface area contributed by atoms with Crippen molar-refractivity contribution in [1.82, 2.24) is 15.0 Å². The lowest BCUT2D eigenvalue weighted by atomic mass is 10.2. The van der Waals surface area contributed by atoms with Crippen molar-refractivity contribution in [2.75, 3.05) is 37.9 Å². The van der Waals surface area contributed by atoms with Crippen LogP contribution >= 0.6 is 11.3 Å². The molecule has 0 spiro atoms. The van der Waals surface area contributed by atoms with Crippen LogP contribution in [0, 0.1) is 0 Å². The lowest BCUT2D eigenvalue weighted by molar-refractivity contribution is -0.914. The summed E-state index contributed by atoms with van der Waals surface area (Å²) in [6, 6.07) is 7.86. The third kappa shape index (κ3) is 3.45. The number of fused-ring (bicyclic) bond motifs is 1. The van der Waals surface area contributed by atoms with E-state index in [1.54, 1.807) is 28.6 Å². The van der Waals surface area contributed by atoms with Gasteiger partial charge in [0.25, 0.3) is 0 Å². The predicted molar refractivity (Wildman–Crippen MR) is 102 cm³/mol. The molecule has 0 radical (unpaired) electrons. The third-order valence-electron chi connectivity index (χ3n) is 4.91. The van der Waals surface area contributed by atoms with E-state index in [9.17, 15) is 0 Å². The molecule has 7 nitrogen and oxygen atoms in total. The van der Waals surface area contributed by atoms with Gasteiger partial charge in [-0.15, -0.1) is 11.3 Å². The number of benzene rings is 1. The molecule has 1 fully saturated rings. The summed E-state index contributed by atoms with van der Waals surface area (Å²) < 4.78 is 10.9. The van der Waals surface area contributed by atoms with Crippen LogP contribution in [0.2, 0.25) is 0 Å². The lowest BCUT2D eigenvalue weighted by Crippen LogP contribution is -3.13. The number of piperazine rings is 1. The van der Waals surface area contributed by atoms with Crippen LogP contribution in [0.5, 0.6) is 11.5 Å². The van der Waals surface area contributed by atoms with Crippen molar-refractivity contribution in [3.8, 4) is 22.1 Å². The van der Waals surface area contributed by atoms with Gasteiger partial charge in [-0.05, 0) is 24.3 Å². The molecule has 0 aliphatic carbocycles. The van der Waals surface area contributed by atoms with E-state index in [1.807, 2.05) is 24.3 Å². The zero-order valence-electron chi connectivity index (χ0n) is 14.8. The number of anilines is 1. The second-order valence-corrected chi connectivity index (χ2v) is 7.53. The van der Waals surface area contributed by atoms with Gasteiger partial charge in [0.2, 0.25) is 12.7 Å². The summed E-state index contributed by atoms with van der Waals surface area (Å²) in [5.74, 6) is 2.43. The van der Waals surface area contributed by atoms with Crippen molar-refractivity contribution < 1.29 is 14.4 Å². The lowest BCUT2D eigenvalue weighted by Gasteiger charge is -2.31. The molecule has 2 aliphatic heterocycles. The Kier molecular flexibility index (Phi) is 4.35. The zero-order chi connectivity index (χ0) is 18.1. The van der Waals surface area contributed by atoms with Crippen LogP contribution in [0.25, 0.3) is 10.6 Å². The van der Waals surface area contributed by atoms with E-state index < -0.39 is 0 Å². The standard InChI is InChI=1S/C19H19N5O2S/c1-4-20-19(21-5-1)24-8-6-23(7-9-24)11-15-12-27-18(22-15)14-2-3-16-17(10-14)26-13-25-16/h1-5,10,12H,6-9,11,13H2/p+1. The molecule has 3 aromatic rings. The first-order valence-electron chi connectivity index (χ1n) is 9.05. The molecule has 0 atom stereocenters. The van der Waals surface area contributed by atoms with Crippen molar-refractivity contribution in [2.24, 2.45) is 0 Å². The van der Waals surface area contributed by atoms with E-state index in [1.165, 1.54) is 0 Å². The second-order valence-electron chi connectivity index (χ2n) is 6.67. The van der Waals surface area contributed by atoms with Crippen LogP contribution in [-0.2, 0) is 6.54 Å². The van der Waals surface area contributed by atoms with Gasteiger partial charge in [-0.3, -0.25) is 0 Å². The van der Waals surface area contributed by atoms with Crippen molar-refractivity contribution in [3.63, 3.8) is 0 Å². The Morgan fingerprint density at radius 1 is 1.07 bits per heavy atom. The van der Waals surface area contributed by atoms with E-state index >= 15 is 0 Å². The van der Waals surface area contributed by atoms with Gasteiger partial charge in [0.1, 0.15) is 17.2 Å². The van der Waals surface area contributed by atoms with Crippen molar-refractivity contribution >= 4 is 17.3 Å². The Labute approximate surface area is 161 Å². The zero-order valence-corrected chi connectivity index (χ0v) is 15.6. The van der Waals surface area contributed by atoms with E-state index in [4.69, 9.17) is 14.5 Å². The van der Waals surface area contributed by atoms with Gasteiger partial charge in [-0.25, -0.2) is 15.0 Å². The van der Waals surface area contributed by atoms with Gasteiger partial charge in [0.15, 0.2) is 11.5 Å². The molecular formula is C19H20N5O2S+. The number of aromatic nitrogens is 3. The summed E-state index contributed by atoms with van der Waals surface area (Å²) in [4.78, 5) is 17.3. The highest BCUT2D eigenvalue weighted by Gasteiger charge is 2.23. The number of hydrogen-bond donors (Lipinski definition) is 1. The molecule has 1 N–H and O–H groups in total. The van der Waals surface area contributed by atoms with E-state index in [0.717, 1.165) is 66.4 Å². The normalized spacial score (nSPS) is 16.7. The number of hydrogen-bond acceptors (Lipinski definition) is 7. The molecule has 27 heavy (non-hydrogen) atoms. The maximum absolute atomic E-state index is 5.47. The molecule has 0 bridgehead atoms. The van der Waals surface area contributed by atoms with Crippen LogP contribution in [0.4, 0.5) is 5.95 Å². The molecule has 2 aromatic heterocycles. The molecule has 4 heterocycles. The Morgan fingerprint density at radius 3 is 2.74 bits per heavy atom. The first kappa shape index (κ1) is 16.5. The number of nitrogens with one attached hydrogen (secondary N) is 1. The SMILES string of the molecule is c1cnc(N2CC[NH+](Cc3csc(-c4ccc5c(c4)OCO5)n3)CC2)nc1. The monoisotopic (exact) mass is 382 g/mol. The van der Waals surface area contributed by atoms with Crippen molar-refractivity contribution in [2.45, 2.75) is 6.54 Å². The average molecular weight is 382 g/mol. The second kappa shape index (κ2) is 7.13. The Balaban J connectivity index is 1.22. The Morgan fingerprint density at radius 2 is 1.89 bits per heavy atom. The van der Waals surface area contributed by atoms with Crippen LogP contribution in [0.3, 0.4) is 0 Å². The number of nitrogens with zero attached hydrogens (tertiary/aromatic N) is 4. The quantitative estimate of drug-likeness (QED) is 0.732. The van der Waals surface area contributed by atoms with Crippen molar-refractivity contribution in [1.29, 1.82) is 0 Å². The van der Waals surface area contributed by atoms with Gasteiger partial charge >= 0.3 is 0 Å². The van der Waals surface area contributed by atoms with E-state index in [0.29, 0.717) is 6.79 Å². The Hall–Kier alpha value is -2.71. The summed E-state index contributed by atoms with van der Waals surface area (Å²) in [6.45, 7) is 5.32. The minimum atomic E-state index is 0.297. The van der Waals surface area contributed by atoms with Gasteiger partial charge in [-0.1, -0.05) is 0 Å². The summed E-state index contributed by atoms with van der Waals surface area (Å²) >= 11 is 1.68. The first-order chi connectivity index (χ1) is 13.3. The van der Waals surface area contributed by atoms with Crippen LogP contribution < -0.4 is 19.3 Å². The van der Waals surface area contributed by atoms with E-state index in [2.05, 4.69) is 20.2 Å². The number of quaternary nitrogens is 1. The number of thiazole rings is 1. The molecular weight excluding hydrogens is 362 g/mol. The minimum Gasteiger partial charge on any atom is -0.454 e. The smallest absolute Gasteiger partial charge is 0.231 e. The van der Waals surface area contributed by atoms with Gasteiger partial charge in [0.05, 0.1) is 26.2 Å². The molecule has 138 valence electrons. The maximum atomic E-state index is 5.47. The van der Waals surface area contributed by atoms with Gasteiger partial charge in [0, 0.05) is 23.3 Å². The molecule has 0 amide bonds. The predicted octanol–water partition coefficient (Wildman–Crippen LogP) is 1.23. The number of rotatable bonds is 4. The van der Waals surface area contributed by atoms with E-state index in [-0.39, 0.29) is 0 Å². The minimum absolute atomic E-state index is 0.297. The average Bonchev–Trinajstić information content (AvgIpc) is 3.38. The van der Waals surface area contributed by atoms with Crippen molar-refractivity contribution in [3.05, 3.63) is 47.7 Å². The molecule has 0 saturated carbocycles. The fraction of sp³-hybridized carbons (Fsp3) is 0.316. The molecule has 0 unspecified atom stereocenters. The summed E-state index contributed by atoms with van der Waals surface area (Å²) in [7, 11) is 0. The molecule has 8 heteroatoms. The third-order valence-corrected chi connectivity index (χ3v) is 5.85. The first-order valence-corrected chi connectivity index (χ1v) is 9.93. The molecule has 2 aliphatic rings. The highest BCUT2D eigenvalue weighted by Crippen LogP contribution is 2.36.